The second-order valence-corrected chi connectivity index (χ2v) is 6.25. The number of imide groups is 1. The minimum Gasteiger partial charge on any atom is -0.357 e. The lowest BCUT2D eigenvalue weighted by atomic mass is 9.84. The van der Waals surface area contributed by atoms with Gasteiger partial charge in [0.2, 0.25) is 5.91 Å². The maximum absolute atomic E-state index is 11.5. The van der Waals surface area contributed by atoms with Crippen LogP contribution in [-0.2, 0) is 4.79 Å². The fourth-order valence-corrected chi connectivity index (χ4v) is 3.25. The molecule has 1 aliphatic carbocycles. The van der Waals surface area contributed by atoms with Crippen molar-refractivity contribution < 1.29 is 9.59 Å². The van der Waals surface area contributed by atoms with Crippen molar-refractivity contribution in [1.29, 1.82) is 0 Å². The van der Waals surface area contributed by atoms with Crippen LogP contribution in [0.25, 0.3) is 0 Å². The Morgan fingerprint density at radius 3 is 2.83 bits per heavy atom. The largest absolute Gasteiger partial charge is 0.357 e. The number of urea groups is 1. The maximum atomic E-state index is 11.5. The van der Waals surface area contributed by atoms with E-state index in [2.05, 4.69) is 27.9 Å². The number of nitrogens with one attached hydrogen (secondary N) is 3. The van der Waals surface area contributed by atoms with Crippen LogP contribution in [0.3, 0.4) is 0 Å². The summed E-state index contributed by atoms with van der Waals surface area (Å²) in [6, 6.07) is 0.143. The van der Waals surface area contributed by atoms with Gasteiger partial charge in [0.1, 0.15) is 0 Å². The molecule has 1 heterocycles. The van der Waals surface area contributed by atoms with Crippen molar-refractivity contribution in [2.75, 3.05) is 26.2 Å². The third kappa shape index (κ3) is 5.11. The Labute approximate surface area is 138 Å². The number of guanidine groups is 1. The van der Waals surface area contributed by atoms with Crippen LogP contribution in [-0.4, -0.2) is 55.0 Å². The van der Waals surface area contributed by atoms with Crippen molar-refractivity contribution >= 4 is 17.9 Å². The van der Waals surface area contributed by atoms with Crippen LogP contribution in [0, 0.1) is 5.92 Å². The summed E-state index contributed by atoms with van der Waals surface area (Å²) in [5.74, 6) is 1.40. The molecule has 1 aliphatic heterocycles. The molecule has 0 aromatic rings. The predicted octanol–water partition coefficient (Wildman–Crippen LogP) is 1.06. The number of amides is 3. The highest BCUT2D eigenvalue weighted by molar-refractivity contribution is 6.01. The van der Waals surface area contributed by atoms with Gasteiger partial charge in [-0.3, -0.25) is 14.7 Å². The topological polar surface area (TPSA) is 85.8 Å². The lowest BCUT2D eigenvalue weighted by Gasteiger charge is -2.30. The van der Waals surface area contributed by atoms with E-state index in [0.29, 0.717) is 19.1 Å². The molecule has 0 aromatic heterocycles. The van der Waals surface area contributed by atoms with Crippen LogP contribution in [0.5, 0.6) is 0 Å². The molecule has 1 saturated heterocycles. The lowest BCUT2D eigenvalue weighted by Crippen LogP contribution is -2.45. The fraction of sp³-hybridized carbons (Fsp3) is 0.812. The monoisotopic (exact) mass is 323 g/mol. The van der Waals surface area contributed by atoms with Gasteiger partial charge in [-0.15, -0.1) is 0 Å². The number of aliphatic imine (C=N–C) groups is 1. The van der Waals surface area contributed by atoms with Crippen LogP contribution in [0.2, 0.25) is 0 Å². The Hall–Kier alpha value is -1.79. The molecule has 0 spiro atoms. The Morgan fingerprint density at radius 1 is 1.35 bits per heavy atom. The second kappa shape index (κ2) is 8.74. The quantitative estimate of drug-likeness (QED) is 0.388. The highest BCUT2D eigenvalue weighted by Crippen LogP contribution is 2.26. The summed E-state index contributed by atoms with van der Waals surface area (Å²) in [6.45, 7) is 5.91. The summed E-state index contributed by atoms with van der Waals surface area (Å²) in [5.41, 5.74) is 0. The lowest BCUT2D eigenvalue weighted by molar-refractivity contribution is -0.124. The van der Waals surface area contributed by atoms with E-state index >= 15 is 0 Å². The summed E-state index contributed by atoms with van der Waals surface area (Å²) in [4.78, 5) is 28.8. The van der Waals surface area contributed by atoms with Gasteiger partial charge < -0.3 is 16.0 Å². The zero-order valence-corrected chi connectivity index (χ0v) is 14.2. The average Bonchev–Trinajstić information content (AvgIpc) is 2.87. The molecule has 7 nitrogen and oxygen atoms in total. The van der Waals surface area contributed by atoms with Crippen LogP contribution in [0.15, 0.2) is 4.99 Å². The third-order valence-corrected chi connectivity index (χ3v) is 4.58. The number of carbonyl (C=O) groups is 2. The summed E-state index contributed by atoms with van der Waals surface area (Å²) < 4.78 is 0. The zero-order valence-electron chi connectivity index (χ0n) is 14.2. The van der Waals surface area contributed by atoms with E-state index in [0.717, 1.165) is 18.4 Å². The molecule has 130 valence electrons. The first-order valence-corrected chi connectivity index (χ1v) is 8.77. The van der Waals surface area contributed by atoms with Gasteiger partial charge in [-0.25, -0.2) is 4.79 Å². The maximum Gasteiger partial charge on any atom is 0.324 e. The molecule has 2 aliphatic rings. The molecule has 7 heteroatoms. The molecule has 2 atom stereocenters. The Kier molecular flexibility index (Phi) is 6.67. The summed E-state index contributed by atoms with van der Waals surface area (Å²) >= 11 is 0. The molecule has 0 aromatic carbocycles. The number of carbonyl (C=O) groups excluding carboxylic acids is 2. The van der Waals surface area contributed by atoms with E-state index in [-0.39, 0.29) is 18.5 Å². The first kappa shape index (κ1) is 17.6. The first-order chi connectivity index (χ1) is 11.1. The molecule has 23 heavy (non-hydrogen) atoms. The van der Waals surface area contributed by atoms with E-state index in [1.54, 1.807) is 0 Å². The number of rotatable bonds is 6. The van der Waals surface area contributed by atoms with Crippen LogP contribution in [0.4, 0.5) is 4.79 Å². The highest BCUT2D eigenvalue weighted by atomic mass is 16.2. The second-order valence-electron chi connectivity index (χ2n) is 6.25. The fourth-order valence-electron chi connectivity index (χ4n) is 3.25. The Balaban J connectivity index is 1.84. The van der Waals surface area contributed by atoms with Gasteiger partial charge in [0, 0.05) is 12.6 Å². The van der Waals surface area contributed by atoms with Crippen molar-refractivity contribution in [3.8, 4) is 0 Å². The van der Waals surface area contributed by atoms with Gasteiger partial charge in [0.25, 0.3) is 0 Å². The minimum atomic E-state index is -0.318. The smallest absolute Gasteiger partial charge is 0.324 e. The normalized spacial score (nSPS) is 25.5. The summed E-state index contributed by atoms with van der Waals surface area (Å²) in [5, 5.41) is 9.27. The van der Waals surface area contributed by atoms with E-state index in [1.807, 2.05) is 6.92 Å². The van der Waals surface area contributed by atoms with Gasteiger partial charge >= 0.3 is 6.03 Å². The molecule has 3 N–H and O–H groups in total. The average molecular weight is 323 g/mol. The first-order valence-electron chi connectivity index (χ1n) is 8.77. The highest BCUT2D eigenvalue weighted by Gasteiger charge is 2.27. The molecule has 2 unspecified atom stereocenters. The van der Waals surface area contributed by atoms with Crippen molar-refractivity contribution in [2.45, 2.75) is 52.0 Å². The SMILES string of the molecule is CCNC(=NCCN1C(=O)CNC1=O)NC1CCCC(CC)C1. The van der Waals surface area contributed by atoms with E-state index in [9.17, 15) is 9.59 Å². The van der Waals surface area contributed by atoms with Crippen LogP contribution < -0.4 is 16.0 Å². The van der Waals surface area contributed by atoms with Gasteiger partial charge in [-0.1, -0.05) is 26.2 Å². The minimum absolute atomic E-state index is 0.0986. The Morgan fingerprint density at radius 2 is 2.17 bits per heavy atom. The van der Waals surface area contributed by atoms with E-state index in [1.165, 1.54) is 37.0 Å². The van der Waals surface area contributed by atoms with Gasteiger partial charge in [-0.2, -0.15) is 0 Å². The van der Waals surface area contributed by atoms with Gasteiger partial charge in [-0.05, 0) is 25.7 Å². The van der Waals surface area contributed by atoms with E-state index in [4.69, 9.17) is 0 Å². The molecule has 2 fully saturated rings. The molecule has 1 saturated carbocycles. The standard InChI is InChI=1S/C16H29N5O2/c1-3-12-6-5-7-13(10-12)20-15(17-4-2)18-8-9-21-14(22)11-19-16(21)23/h12-13H,3-11H2,1-2H3,(H,19,23)(H2,17,18,20). The molecule has 2 rings (SSSR count). The number of nitrogens with zero attached hydrogens (tertiary/aromatic N) is 2. The van der Waals surface area contributed by atoms with Gasteiger partial charge in [0.05, 0.1) is 19.6 Å². The molecular formula is C16H29N5O2. The van der Waals surface area contributed by atoms with Crippen molar-refractivity contribution in [2.24, 2.45) is 10.9 Å². The third-order valence-electron chi connectivity index (χ3n) is 4.58. The van der Waals surface area contributed by atoms with Crippen LogP contribution >= 0.6 is 0 Å². The molecular weight excluding hydrogens is 294 g/mol. The zero-order chi connectivity index (χ0) is 16.7. The molecule has 0 radical (unpaired) electrons. The predicted molar refractivity (Wildman–Crippen MR) is 90.3 cm³/mol. The molecule has 0 bridgehead atoms. The molecule has 3 amide bonds. The van der Waals surface area contributed by atoms with Crippen molar-refractivity contribution in [1.82, 2.24) is 20.9 Å². The van der Waals surface area contributed by atoms with Crippen molar-refractivity contribution in [3.63, 3.8) is 0 Å². The number of hydrogen-bond acceptors (Lipinski definition) is 3. The Bertz CT molecular complexity index is 436. The summed E-state index contributed by atoms with van der Waals surface area (Å²) in [7, 11) is 0. The summed E-state index contributed by atoms with van der Waals surface area (Å²) in [6.07, 6.45) is 6.19. The van der Waals surface area contributed by atoms with Crippen molar-refractivity contribution in [3.05, 3.63) is 0 Å². The number of hydrogen-bond donors (Lipinski definition) is 3. The van der Waals surface area contributed by atoms with Crippen LogP contribution in [0.1, 0.15) is 46.0 Å². The van der Waals surface area contributed by atoms with E-state index < -0.39 is 0 Å². The van der Waals surface area contributed by atoms with Gasteiger partial charge in [0.15, 0.2) is 5.96 Å².